The topological polar surface area (TPSA) is 46.3 Å². The molecule has 0 atom stereocenters. The summed E-state index contributed by atoms with van der Waals surface area (Å²) in [5, 5.41) is 0. The molecule has 0 bridgehead atoms. The van der Waals surface area contributed by atoms with Gasteiger partial charge in [-0.3, -0.25) is 4.79 Å². The maximum atomic E-state index is 13.7. The number of carbonyl (C=O) groups excluding carboxylic acids is 1. The maximum Gasteiger partial charge on any atom is 0.253 e. The van der Waals surface area contributed by atoms with Crippen LogP contribution in [0.2, 0.25) is 0 Å². The van der Waals surface area contributed by atoms with Crippen molar-refractivity contribution in [2.75, 3.05) is 19.3 Å². The highest BCUT2D eigenvalue weighted by Crippen LogP contribution is 2.18. The van der Waals surface area contributed by atoms with Crippen LogP contribution in [0.1, 0.15) is 21.5 Å². The lowest BCUT2D eigenvalue weighted by molar-refractivity contribution is 0.0796. The normalized spacial score (nSPS) is 10.4. The minimum Gasteiger partial charge on any atom is -0.398 e. The molecule has 2 aromatic carbocycles. The fraction of sp³-hybridized carbons (Fsp3) is 0.235. The lowest BCUT2D eigenvalue weighted by Crippen LogP contribution is -2.29. The Labute approximate surface area is 124 Å². The number of nitrogens with zero attached hydrogens (tertiary/aromatic N) is 1. The SMILES string of the molecule is Cc1c(N)cc(C(=O)N(C)CCc2ccccc2)cc1F. The summed E-state index contributed by atoms with van der Waals surface area (Å²) in [6, 6.07) is 12.7. The zero-order valence-corrected chi connectivity index (χ0v) is 12.3. The van der Waals surface area contributed by atoms with E-state index in [4.69, 9.17) is 5.73 Å². The van der Waals surface area contributed by atoms with Crippen molar-refractivity contribution in [1.29, 1.82) is 0 Å². The first kappa shape index (κ1) is 15.0. The van der Waals surface area contributed by atoms with Crippen LogP contribution in [-0.2, 0) is 6.42 Å². The van der Waals surface area contributed by atoms with Crippen LogP contribution < -0.4 is 5.73 Å². The van der Waals surface area contributed by atoms with Gasteiger partial charge >= 0.3 is 0 Å². The number of carbonyl (C=O) groups is 1. The average molecular weight is 286 g/mol. The van der Waals surface area contributed by atoms with Crippen LogP contribution >= 0.6 is 0 Å². The zero-order valence-electron chi connectivity index (χ0n) is 12.3. The highest BCUT2D eigenvalue weighted by atomic mass is 19.1. The van der Waals surface area contributed by atoms with E-state index in [1.165, 1.54) is 12.1 Å². The number of likely N-dealkylation sites (N-methyl/N-ethyl adjacent to an activating group) is 1. The second kappa shape index (κ2) is 6.39. The van der Waals surface area contributed by atoms with Crippen molar-refractivity contribution in [3.8, 4) is 0 Å². The van der Waals surface area contributed by atoms with Crippen LogP contribution in [0.25, 0.3) is 0 Å². The van der Waals surface area contributed by atoms with Gasteiger partial charge in [-0.05, 0) is 31.0 Å². The first-order valence-corrected chi connectivity index (χ1v) is 6.84. The van der Waals surface area contributed by atoms with E-state index < -0.39 is 5.82 Å². The monoisotopic (exact) mass is 286 g/mol. The van der Waals surface area contributed by atoms with E-state index in [2.05, 4.69) is 0 Å². The van der Waals surface area contributed by atoms with Crippen molar-refractivity contribution in [3.05, 3.63) is 65.0 Å². The molecule has 0 aliphatic carbocycles. The number of nitrogens with two attached hydrogens (primary N) is 1. The van der Waals surface area contributed by atoms with Gasteiger partial charge in [0, 0.05) is 30.4 Å². The van der Waals surface area contributed by atoms with E-state index in [1.54, 1.807) is 18.9 Å². The minimum absolute atomic E-state index is 0.225. The quantitative estimate of drug-likeness (QED) is 0.878. The largest absolute Gasteiger partial charge is 0.398 e. The summed E-state index contributed by atoms with van der Waals surface area (Å²) < 4.78 is 13.7. The van der Waals surface area contributed by atoms with Crippen LogP contribution in [0.5, 0.6) is 0 Å². The second-order valence-corrected chi connectivity index (χ2v) is 5.13. The zero-order chi connectivity index (χ0) is 15.4. The molecular formula is C17H19FN2O. The molecule has 0 spiro atoms. The number of hydrogen-bond donors (Lipinski definition) is 1. The fourth-order valence-electron chi connectivity index (χ4n) is 2.09. The molecule has 0 unspecified atom stereocenters. The van der Waals surface area contributed by atoms with Gasteiger partial charge in [-0.15, -0.1) is 0 Å². The summed E-state index contributed by atoms with van der Waals surface area (Å²) in [6.45, 7) is 2.16. The molecule has 1 amide bonds. The molecule has 2 rings (SSSR count). The Kier molecular flexibility index (Phi) is 4.58. The molecule has 2 N–H and O–H groups in total. The van der Waals surface area contributed by atoms with Gasteiger partial charge in [-0.2, -0.15) is 0 Å². The molecule has 0 fully saturated rings. The van der Waals surface area contributed by atoms with E-state index >= 15 is 0 Å². The first-order valence-electron chi connectivity index (χ1n) is 6.84. The standard InChI is InChI=1S/C17H19FN2O/c1-12-15(18)10-14(11-16(12)19)17(21)20(2)9-8-13-6-4-3-5-7-13/h3-7,10-11H,8-9,19H2,1-2H3. The molecule has 0 saturated carbocycles. The Morgan fingerprint density at radius 1 is 1.24 bits per heavy atom. The Morgan fingerprint density at radius 2 is 1.90 bits per heavy atom. The maximum absolute atomic E-state index is 13.7. The van der Waals surface area contributed by atoms with E-state index in [9.17, 15) is 9.18 Å². The summed E-state index contributed by atoms with van der Waals surface area (Å²) in [4.78, 5) is 13.9. The summed E-state index contributed by atoms with van der Waals surface area (Å²) in [7, 11) is 1.71. The van der Waals surface area contributed by atoms with E-state index in [0.29, 0.717) is 17.8 Å². The van der Waals surface area contributed by atoms with Crippen molar-refractivity contribution in [3.63, 3.8) is 0 Å². The van der Waals surface area contributed by atoms with Crippen molar-refractivity contribution in [2.24, 2.45) is 0 Å². The summed E-state index contributed by atoms with van der Waals surface area (Å²) in [5.74, 6) is -0.675. The molecule has 0 aliphatic rings. The average Bonchev–Trinajstić information content (AvgIpc) is 2.50. The molecule has 3 nitrogen and oxygen atoms in total. The smallest absolute Gasteiger partial charge is 0.253 e. The molecule has 2 aromatic rings. The minimum atomic E-state index is -0.449. The first-order chi connectivity index (χ1) is 9.99. The molecule has 110 valence electrons. The predicted octanol–water partition coefficient (Wildman–Crippen LogP) is 3.03. The predicted molar refractivity (Wildman–Crippen MR) is 82.7 cm³/mol. The highest BCUT2D eigenvalue weighted by Gasteiger charge is 2.15. The molecule has 0 saturated heterocycles. The van der Waals surface area contributed by atoms with Gasteiger partial charge in [-0.1, -0.05) is 30.3 Å². The number of benzene rings is 2. The van der Waals surface area contributed by atoms with Crippen LogP contribution in [0.15, 0.2) is 42.5 Å². The van der Waals surface area contributed by atoms with E-state index in [0.717, 1.165) is 12.0 Å². The van der Waals surface area contributed by atoms with Crippen molar-refractivity contribution >= 4 is 11.6 Å². The number of nitrogen functional groups attached to an aromatic ring is 1. The van der Waals surface area contributed by atoms with Crippen LogP contribution in [0.4, 0.5) is 10.1 Å². The third-order valence-corrected chi connectivity index (χ3v) is 3.56. The van der Waals surface area contributed by atoms with Gasteiger partial charge in [0.1, 0.15) is 5.82 Å². The number of rotatable bonds is 4. The number of halogens is 1. The second-order valence-electron chi connectivity index (χ2n) is 5.13. The van der Waals surface area contributed by atoms with Crippen LogP contribution in [0.3, 0.4) is 0 Å². The van der Waals surface area contributed by atoms with Crippen LogP contribution in [0, 0.1) is 12.7 Å². The molecule has 21 heavy (non-hydrogen) atoms. The third kappa shape index (κ3) is 3.60. The number of hydrogen-bond acceptors (Lipinski definition) is 2. The molecule has 0 aromatic heterocycles. The lowest BCUT2D eigenvalue weighted by Gasteiger charge is -2.18. The van der Waals surface area contributed by atoms with Gasteiger partial charge in [0.2, 0.25) is 0 Å². The Balaban J connectivity index is 2.06. The lowest BCUT2D eigenvalue weighted by atomic mass is 10.1. The molecule has 0 radical (unpaired) electrons. The van der Waals surface area contributed by atoms with Gasteiger partial charge in [0.15, 0.2) is 0 Å². The molecule has 0 aliphatic heterocycles. The highest BCUT2D eigenvalue weighted by molar-refractivity contribution is 5.95. The van der Waals surface area contributed by atoms with E-state index in [1.807, 2.05) is 30.3 Å². The van der Waals surface area contributed by atoms with Crippen molar-refractivity contribution in [1.82, 2.24) is 4.90 Å². The Bertz CT molecular complexity index is 617. The summed E-state index contributed by atoms with van der Waals surface area (Å²) in [6.07, 6.45) is 0.757. The van der Waals surface area contributed by atoms with Gasteiger partial charge in [-0.25, -0.2) is 4.39 Å². The molecule has 4 heteroatoms. The molecular weight excluding hydrogens is 267 g/mol. The Hall–Kier alpha value is -2.36. The van der Waals surface area contributed by atoms with E-state index in [-0.39, 0.29) is 11.5 Å². The van der Waals surface area contributed by atoms with Gasteiger partial charge in [0.25, 0.3) is 5.91 Å². The summed E-state index contributed by atoms with van der Waals surface area (Å²) >= 11 is 0. The number of anilines is 1. The van der Waals surface area contributed by atoms with Gasteiger partial charge < -0.3 is 10.6 Å². The van der Waals surface area contributed by atoms with Crippen molar-refractivity contribution in [2.45, 2.75) is 13.3 Å². The van der Waals surface area contributed by atoms with Crippen molar-refractivity contribution < 1.29 is 9.18 Å². The Morgan fingerprint density at radius 3 is 2.52 bits per heavy atom. The third-order valence-electron chi connectivity index (χ3n) is 3.56. The fourth-order valence-corrected chi connectivity index (χ4v) is 2.09. The van der Waals surface area contributed by atoms with Gasteiger partial charge in [0.05, 0.1) is 0 Å². The van der Waals surface area contributed by atoms with Crippen LogP contribution in [-0.4, -0.2) is 24.4 Å². The molecule has 0 heterocycles. The number of amides is 1. The summed E-state index contributed by atoms with van der Waals surface area (Å²) in [5.41, 5.74) is 7.83.